The van der Waals surface area contributed by atoms with Crippen molar-refractivity contribution in [3.05, 3.63) is 60.3 Å². The fourth-order valence-corrected chi connectivity index (χ4v) is 3.48. The van der Waals surface area contributed by atoms with Crippen molar-refractivity contribution in [2.75, 3.05) is 38.5 Å². The van der Waals surface area contributed by atoms with Crippen LogP contribution >= 0.6 is 0 Å². The molecule has 9 heteroatoms. The Kier molecular flexibility index (Phi) is 7.02. The van der Waals surface area contributed by atoms with Gasteiger partial charge in [0.2, 0.25) is 11.7 Å². The van der Waals surface area contributed by atoms with Crippen LogP contribution in [0.5, 0.6) is 17.2 Å². The van der Waals surface area contributed by atoms with E-state index in [2.05, 4.69) is 17.2 Å². The Labute approximate surface area is 191 Å². The van der Waals surface area contributed by atoms with E-state index in [1.807, 2.05) is 0 Å². The molecule has 0 fully saturated rings. The highest BCUT2D eigenvalue weighted by Crippen LogP contribution is 2.41. The first-order valence-electron chi connectivity index (χ1n) is 10.0. The number of hydrogen-bond donors (Lipinski definition) is 2. The standard InChI is InChI=1S/C24H25N3O6/c1-6-11-27-23(29)20(15-7-9-16(10-8-15)25-14(2)28)21(24(27)30)26-17-12-18(31-3)22(33-5)19(13-17)32-4/h6-10,12-13,26H,1,11H2,2-5H3,(H,25,28). The zero-order valence-corrected chi connectivity index (χ0v) is 18.9. The lowest BCUT2D eigenvalue weighted by atomic mass is 10.0. The predicted molar refractivity (Wildman–Crippen MR) is 124 cm³/mol. The molecule has 0 saturated heterocycles. The highest BCUT2D eigenvalue weighted by atomic mass is 16.5. The molecule has 172 valence electrons. The van der Waals surface area contributed by atoms with Crippen LogP contribution in [0.1, 0.15) is 12.5 Å². The fourth-order valence-electron chi connectivity index (χ4n) is 3.48. The zero-order chi connectivity index (χ0) is 24.1. The summed E-state index contributed by atoms with van der Waals surface area (Å²) in [5, 5.41) is 5.73. The molecule has 33 heavy (non-hydrogen) atoms. The van der Waals surface area contributed by atoms with Crippen LogP contribution in [0.2, 0.25) is 0 Å². The van der Waals surface area contributed by atoms with Crippen LogP contribution in [0.25, 0.3) is 5.57 Å². The number of carbonyl (C=O) groups is 3. The Morgan fingerprint density at radius 2 is 1.58 bits per heavy atom. The molecule has 0 aromatic heterocycles. The van der Waals surface area contributed by atoms with E-state index in [9.17, 15) is 14.4 Å². The van der Waals surface area contributed by atoms with Gasteiger partial charge in [0, 0.05) is 37.0 Å². The molecule has 1 aliphatic heterocycles. The number of imide groups is 1. The average Bonchev–Trinajstić information content (AvgIpc) is 3.03. The van der Waals surface area contributed by atoms with Gasteiger partial charge in [-0.1, -0.05) is 18.2 Å². The van der Waals surface area contributed by atoms with E-state index in [4.69, 9.17) is 14.2 Å². The quantitative estimate of drug-likeness (QED) is 0.446. The summed E-state index contributed by atoms with van der Waals surface area (Å²) in [7, 11) is 4.46. The van der Waals surface area contributed by atoms with Crippen molar-refractivity contribution in [1.29, 1.82) is 0 Å². The fraction of sp³-hybridized carbons (Fsp3) is 0.208. The lowest BCUT2D eigenvalue weighted by molar-refractivity contribution is -0.136. The van der Waals surface area contributed by atoms with Gasteiger partial charge >= 0.3 is 0 Å². The number of benzene rings is 2. The minimum atomic E-state index is -0.491. The van der Waals surface area contributed by atoms with Crippen molar-refractivity contribution in [2.45, 2.75) is 6.92 Å². The normalized spacial score (nSPS) is 13.2. The molecule has 2 aromatic rings. The number of nitrogens with zero attached hydrogens (tertiary/aromatic N) is 1. The number of nitrogens with one attached hydrogen (secondary N) is 2. The Balaban J connectivity index is 2.09. The summed E-state index contributed by atoms with van der Waals surface area (Å²) in [5.41, 5.74) is 1.86. The molecule has 0 atom stereocenters. The molecule has 2 N–H and O–H groups in total. The minimum absolute atomic E-state index is 0.0611. The summed E-state index contributed by atoms with van der Waals surface area (Å²) in [6.45, 7) is 5.10. The number of hydrogen-bond acceptors (Lipinski definition) is 7. The molecule has 3 rings (SSSR count). The van der Waals surface area contributed by atoms with Gasteiger partial charge in [0.1, 0.15) is 5.70 Å². The van der Waals surface area contributed by atoms with Crippen LogP contribution in [0.3, 0.4) is 0 Å². The van der Waals surface area contributed by atoms with Gasteiger partial charge in [0.15, 0.2) is 11.5 Å². The van der Waals surface area contributed by atoms with Gasteiger partial charge in [0.25, 0.3) is 11.8 Å². The smallest absolute Gasteiger partial charge is 0.278 e. The van der Waals surface area contributed by atoms with Gasteiger partial charge in [-0.05, 0) is 17.7 Å². The molecule has 9 nitrogen and oxygen atoms in total. The molecule has 0 unspecified atom stereocenters. The van der Waals surface area contributed by atoms with E-state index >= 15 is 0 Å². The molecule has 0 aliphatic carbocycles. The summed E-state index contributed by atoms with van der Waals surface area (Å²) in [6, 6.07) is 9.93. The number of ether oxygens (including phenoxy) is 3. The Morgan fingerprint density at radius 1 is 0.970 bits per heavy atom. The first-order chi connectivity index (χ1) is 15.8. The topological polar surface area (TPSA) is 106 Å². The van der Waals surface area contributed by atoms with E-state index in [1.54, 1.807) is 36.4 Å². The lowest BCUT2D eigenvalue weighted by Gasteiger charge is -2.16. The first kappa shape index (κ1) is 23.4. The number of amides is 3. The maximum absolute atomic E-state index is 13.1. The maximum Gasteiger partial charge on any atom is 0.278 e. The second kappa shape index (κ2) is 9.90. The van der Waals surface area contributed by atoms with Crippen molar-refractivity contribution in [3.8, 4) is 17.2 Å². The summed E-state index contributed by atoms with van der Waals surface area (Å²) >= 11 is 0. The molecule has 0 radical (unpaired) electrons. The monoisotopic (exact) mass is 451 g/mol. The highest BCUT2D eigenvalue weighted by Gasteiger charge is 2.38. The average molecular weight is 451 g/mol. The second-order valence-corrected chi connectivity index (χ2v) is 7.06. The Morgan fingerprint density at radius 3 is 2.06 bits per heavy atom. The summed E-state index contributed by atoms with van der Waals surface area (Å²) < 4.78 is 16.1. The van der Waals surface area contributed by atoms with Crippen molar-refractivity contribution >= 4 is 34.7 Å². The third-order valence-corrected chi connectivity index (χ3v) is 4.91. The van der Waals surface area contributed by atoms with Gasteiger partial charge in [-0.15, -0.1) is 6.58 Å². The van der Waals surface area contributed by atoms with E-state index in [-0.39, 0.29) is 23.7 Å². The molecule has 1 heterocycles. The second-order valence-electron chi connectivity index (χ2n) is 7.06. The van der Waals surface area contributed by atoms with Crippen molar-refractivity contribution < 1.29 is 28.6 Å². The van der Waals surface area contributed by atoms with Crippen molar-refractivity contribution in [2.24, 2.45) is 0 Å². The van der Waals surface area contributed by atoms with E-state index in [1.165, 1.54) is 34.3 Å². The van der Waals surface area contributed by atoms with E-state index in [0.717, 1.165) is 4.90 Å². The Hall–Kier alpha value is -4.27. The molecule has 1 aliphatic rings. The van der Waals surface area contributed by atoms with E-state index < -0.39 is 11.8 Å². The highest BCUT2D eigenvalue weighted by molar-refractivity contribution is 6.36. The van der Waals surface area contributed by atoms with Crippen LogP contribution < -0.4 is 24.8 Å². The Bertz CT molecular complexity index is 1110. The van der Waals surface area contributed by atoms with E-state index in [0.29, 0.717) is 34.2 Å². The van der Waals surface area contributed by atoms with Crippen molar-refractivity contribution in [1.82, 2.24) is 4.90 Å². The number of rotatable bonds is 9. The maximum atomic E-state index is 13.1. The molecule has 3 amide bonds. The molecule has 0 spiro atoms. The molecular formula is C24H25N3O6. The van der Waals surface area contributed by atoms with Crippen LogP contribution in [0.15, 0.2) is 54.8 Å². The zero-order valence-electron chi connectivity index (χ0n) is 18.9. The predicted octanol–water partition coefficient (Wildman–Crippen LogP) is 3.05. The molecular weight excluding hydrogens is 426 g/mol. The summed E-state index contributed by atoms with van der Waals surface area (Å²) in [4.78, 5) is 38.7. The van der Waals surface area contributed by atoms with Gasteiger partial charge in [0.05, 0.1) is 26.9 Å². The largest absolute Gasteiger partial charge is 0.493 e. The molecule has 0 saturated carbocycles. The van der Waals surface area contributed by atoms with Crippen LogP contribution in [-0.2, 0) is 14.4 Å². The SMILES string of the molecule is C=CCN1C(=O)C(Nc2cc(OC)c(OC)c(OC)c2)=C(c2ccc(NC(C)=O)cc2)C1=O. The van der Waals surface area contributed by atoms with Gasteiger partial charge < -0.3 is 24.8 Å². The molecule has 2 aromatic carbocycles. The van der Waals surface area contributed by atoms with Gasteiger partial charge in [-0.25, -0.2) is 0 Å². The lowest BCUT2D eigenvalue weighted by Crippen LogP contribution is -2.32. The third kappa shape index (κ3) is 4.67. The number of anilines is 2. The minimum Gasteiger partial charge on any atom is -0.493 e. The first-order valence-corrected chi connectivity index (χ1v) is 10.0. The van der Waals surface area contributed by atoms with Crippen LogP contribution in [0, 0.1) is 0 Å². The van der Waals surface area contributed by atoms with Gasteiger partial charge in [-0.3, -0.25) is 19.3 Å². The van der Waals surface area contributed by atoms with Crippen molar-refractivity contribution in [3.63, 3.8) is 0 Å². The van der Waals surface area contributed by atoms with Gasteiger partial charge in [-0.2, -0.15) is 0 Å². The van der Waals surface area contributed by atoms with Crippen LogP contribution in [-0.4, -0.2) is 50.5 Å². The number of carbonyl (C=O) groups excluding carboxylic acids is 3. The number of methoxy groups -OCH3 is 3. The summed E-state index contributed by atoms with van der Waals surface area (Å²) in [6.07, 6.45) is 1.48. The van der Waals surface area contributed by atoms with Crippen LogP contribution in [0.4, 0.5) is 11.4 Å². The molecule has 0 bridgehead atoms. The third-order valence-electron chi connectivity index (χ3n) is 4.91. The summed E-state index contributed by atoms with van der Waals surface area (Å²) in [5.74, 6) is 0.0184.